The minimum absolute atomic E-state index is 0.219. The van der Waals surface area contributed by atoms with Gasteiger partial charge in [0.1, 0.15) is 5.75 Å². The third-order valence-electron chi connectivity index (χ3n) is 3.20. The summed E-state index contributed by atoms with van der Waals surface area (Å²) in [5, 5.41) is 5.37. The van der Waals surface area contributed by atoms with E-state index >= 15 is 0 Å². The monoisotopic (exact) mass is 357 g/mol. The average molecular weight is 357 g/mol. The molecule has 2 aromatic rings. The van der Waals surface area contributed by atoms with E-state index in [1.165, 1.54) is 30.5 Å². The SMILES string of the molecule is CCOC(=O)Oc1ccc(C(=O)NCCNC(=O)c2cccnc2)cc1. The number of carbonyl (C=O) groups is 3. The Morgan fingerprint density at radius 3 is 2.19 bits per heavy atom. The number of nitrogens with one attached hydrogen (secondary N) is 2. The van der Waals surface area contributed by atoms with Crippen LogP contribution in [-0.2, 0) is 4.74 Å². The summed E-state index contributed by atoms with van der Waals surface area (Å²) in [6.45, 7) is 2.44. The normalized spacial score (nSPS) is 9.88. The second-order valence-electron chi connectivity index (χ2n) is 5.06. The fourth-order valence-corrected chi connectivity index (χ4v) is 1.97. The Balaban J connectivity index is 1.74. The summed E-state index contributed by atoms with van der Waals surface area (Å²) in [7, 11) is 0. The number of benzene rings is 1. The van der Waals surface area contributed by atoms with E-state index in [2.05, 4.69) is 20.4 Å². The van der Waals surface area contributed by atoms with Gasteiger partial charge in [-0.25, -0.2) is 4.79 Å². The largest absolute Gasteiger partial charge is 0.513 e. The van der Waals surface area contributed by atoms with Gasteiger partial charge in [0.2, 0.25) is 0 Å². The van der Waals surface area contributed by atoms with Crippen LogP contribution in [0.2, 0.25) is 0 Å². The highest BCUT2D eigenvalue weighted by atomic mass is 16.7. The molecular weight excluding hydrogens is 338 g/mol. The molecule has 0 aliphatic rings. The number of carbonyl (C=O) groups excluding carboxylic acids is 3. The Kier molecular flexibility index (Phi) is 7.11. The van der Waals surface area contributed by atoms with Crippen molar-refractivity contribution in [3.05, 3.63) is 59.9 Å². The van der Waals surface area contributed by atoms with Crippen molar-refractivity contribution in [1.29, 1.82) is 0 Å². The fourth-order valence-electron chi connectivity index (χ4n) is 1.97. The van der Waals surface area contributed by atoms with E-state index in [9.17, 15) is 14.4 Å². The summed E-state index contributed by atoms with van der Waals surface area (Å²) in [5.74, 6) is -0.278. The zero-order valence-corrected chi connectivity index (χ0v) is 14.2. The smallest absolute Gasteiger partial charge is 0.434 e. The first-order valence-electron chi connectivity index (χ1n) is 8.01. The minimum Gasteiger partial charge on any atom is -0.434 e. The van der Waals surface area contributed by atoms with Gasteiger partial charge in [0.15, 0.2) is 0 Å². The second kappa shape index (κ2) is 9.77. The van der Waals surface area contributed by atoms with Gasteiger partial charge in [0, 0.05) is 31.0 Å². The highest BCUT2D eigenvalue weighted by Crippen LogP contribution is 2.12. The Labute approximate surface area is 150 Å². The maximum absolute atomic E-state index is 12.0. The van der Waals surface area contributed by atoms with Gasteiger partial charge in [0.05, 0.1) is 12.2 Å². The Hall–Kier alpha value is -3.42. The van der Waals surface area contributed by atoms with Crippen LogP contribution in [0, 0.1) is 0 Å². The van der Waals surface area contributed by atoms with Crippen molar-refractivity contribution in [3.63, 3.8) is 0 Å². The van der Waals surface area contributed by atoms with Gasteiger partial charge in [-0.3, -0.25) is 14.6 Å². The lowest BCUT2D eigenvalue weighted by atomic mass is 10.2. The van der Waals surface area contributed by atoms with Crippen molar-refractivity contribution in [1.82, 2.24) is 15.6 Å². The van der Waals surface area contributed by atoms with E-state index in [4.69, 9.17) is 4.74 Å². The van der Waals surface area contributed by atoms with E-state index < -0.39 is 6.16 Å². The molecule has 1 aromatic heterocycles. The van der Waals surface area contributed by atoms with Crippen molar-refractivity contribution in [2.24, 2.45) is 0 Å². The van der Waals surface area contributed by atoms with Crippen molar-refractivity contribution in [2.45, 2.75) is 6.92 Å². The van der Waals surface area contributed by atoms with E-state index in [0.717, 1.165) is 0 Å². The van der Waals surface area contributed by atoms with E-state index in [1.807, 2.05) is 0 Å². The molecule has 0 radical (unpaired) electrons. The topological polar surface area (TPSA) is 107 Å². The quantitative estimate of drug-likeness (QED) is 0.444. The first kappa shape index (κ1) is 18.9. The zero-order chi connectivity index (χ0) is 18.8. The summed E-state index contributed by atoms with van der Waals surface area (Å²) in [6, 6.07) is 9.37. The summed E-state index contributed by atoms with van der Waals surface area (Å²) in [4.78, 5) is 38.9. The lowest BCUT2D eigenvalue weighted by Crippen LogP contribution is -2.34. The molecule has 0 unspecified atom stereocenters. The fraction of sp³-hybridized carbons (Fsp3) is 0.222. The molecule has 0 aliphatic heterocycles. The van der Waals surface area contributed by atoms with Crippen molar-refractivity contribution < 1.29 is 23.9 Å². The standard InChI is InChI=1S/C18H19N3O5/c1-2-25-18(24)26-15-7-5-13(6-8-15)16(22)20-10-11-21-17(23)14-4-3-9-19-12-14/h3-9,12H,2,10-11H2,1H3,(H,20,22)(H,21,23). The maximum Gasteiger partial charge on any atom is 0.513 e. The molecule has 0 fully saturated rings. The molecule has 2 rings (SSSR count). The number of nitrogens with zero attached hydrogens (tertiary/aromatic N) is 1. The number of pyridine rings is 1. The predicted octanol–water partition coefficient (Wildman–Crippen LogP) is 1.78. The molecule has 0 saturated carbocycles. The number of amides is 2. The molecule has 0 aliphatic carbocycles. The molecule has 0 bridgehead atoms. The van der Waals surface area contributed by atoms with E-state index in [1.54, 1.807) is 25.3 Å². The van der Waals surface area contributed by atoms with Crippen LogP contribution in [0.4, 0.5) is 4.79 Å². The average Bonchev–Trinajstić information content (AvgIpc) is 2.66. The van der Waals surface area contributed by atoms with Gasteiger partial charge in [0.25, 0.3) is 11.8 Å². The molecule has 2 N–H and O–H groups in total. The molecule has 0 saturated heterocycles. The Bertz CT molecular complexity index is 747. The number of ether oxygens (including phenoxy) is 2. The van der Waals surface area contributed by atoms with Crippen LogP contribution in [0.5, 0.6) is 5.75 Å². The van der Waals surface area contributed by atoms with Gasteiger partial charge in [-0.15, -0.1) is 0 Å². The number of aromatic nitrogens is 1. The zero-order valence-electron chi connectivity index (χ0n) is 14.2. The molecule has 8 nitrogen and oxygen atoms in total. The predicted molar refractivity (Wildman–Crippen MR) is 93.0 cm³/mol. The first-order chi connectivity index (χ1) is 12.6. The molecule has 26 heavy (non-hydrogen) atoms. The summed E-state index contributed by atoms with van der Waals surface area (Å²) < 4.78 is 9.57. The molecule has 2 amide bonds. The van der Waals surface area contributed by atoms with Gasteiger partial charge < -0.3 is 20.1 Å². The van der Waals surface area contributed by atoms with Crippen LogP contribution in [0.15, 0.2) is 48.8 Å². The Morgan fingerprint density at radius 2 is 1.62 bits per heavy atom. The summed E-state index contributed by atoms with van der Waals surface area (Å²) >= 11 is 0. The van der Waals surface area contributed by atoms with E-state index in [0.29, 0.717) is 11.1 Å². The third kappa shape index (κ3) is 5.90. The molecule has 1 aromatic carbocycles. The molecular formula is C18H19N3O5. The molecule has 0 spiro atoms. The van der Waals surface area contributed by atoms with Crippen LogP contribution >= 0.6 is 0 Å². The maximum atomic E-state index is 12.0. The van der Waals surface area contributed by atoms with Gasteiger partial charge in [-0.1, -0.05) is 0 Å². The lowest BCUT2D eigenvalue weighted by Gasteiger charge is -2.08. The van der Waals surface area contributed by atoms with Crippen molar-refractivity contribution >= 4 is 18.0 Å². The van der Waals surface area contributed by atoms with E-state index in [-0.39, 0.29) is 37.3 Å². The number of hydrogen-bond acceptors (Lipinski definition) is 6. The van der Waals surface area contributed by atoms with Crippen LogP contribution in [0.1, 0.15) is 27.6 Å². The number of rotatable bonds is 7. The summed E-state index contributed by atoms with van der Waals surface area (Å²) in [6.07, 6.45) is 2.25. The molecule has 8 heteroatoms. The number of hydrogen-bond donors (Lipinski definition) is 2. The first-order valence-corrected chi connectivity index (χ1v) is 8.01. The van der Waals surface area contributed by atoms with Crippen LogP contribution in [0.25, 0.3) is 0 Å². The second-order valence-corrected chi connectivity index (χ2v) is 5.06. The van der Waals surface area contributed by atoms with Crippen LogP contribution in [-0.4, -0.2) is 42.7 Å². The molecule has 0 atom stereocenters. The van der Waals surface area contributed by atoms with Crippen molar-refractivity contribution in [3.8, 4) is 5.75 Å². The van der Waals surface area contributed by atoms with Crippen LogP contribution < -0.4 is 15.4 Å². The van der Waals surface area contributed by atoms with Gasteiger partial charge >= 0.3 is 6.16 Å². The van der Waals surface area contributed by atoms with Gasteiger partial charge in [-0.05, 0) is 43.3 Å². The van der Waals surface area contributed by atoms with Gasteiger partial charge in [-0.2, -0.15) is 0 Å². The third-order valence-corrected chi connectivity index (χ3v) is 3.20. The minimum atomic E-state index is -0.797. The van der Waals surface area contributed by atoms with Crippen molar-refractivity contribution in [2.75, 3.05) is 19.7 Å². The summed E-state index contributed by atoms with van der Waals surface area (Å²) in [5.41, 5.74) is 0.857. The lowest BCUT2D eigenvalue weighted by molar-refractivity contribution is 0.0927. The van der Waals surface area contributed by atoms with Crippen LogP contribution in [0.3, 0.4) is 0 Å². The highest BCUT2D eigenvalue weighted by Gasteiger charge is 2.09. The highest BCUT2D eigenvalue weighted by molar-refractivity contribution is 5.95. The Morgan fingerprint density at radius 1 is 0.962 bits per heavy atom. The molecule has 136 valence electrons. The molecule has 1 heterocycles.